The second-order valence-electron chi connectivity index (χ2n) is 9.88. The van der Waals surface area contributed by atoms with Crippen molar-refractivity contribution in [1.29, 1.82) is 0 Å². The molecule has 164 valence electrons. The zero-order chi connectivity index (χ0) is 21.8. The number of benzene rings is 2. The lowest BCUT2D eigenvalue weighted by Crippen LogP contribution is -2.49. The molecule has 4 fully saturated rings. The largest absolute Gasteiger partial charge is 0.508 e. The summed E-state index contributed by atoms with van der Waals surface area (Å²) >= 11 is 0. The van der Waals surface area contributed by atoms with E-state index in [2.05, 4.69) is 5.32 Å². The Morgan fingerprint density at radius 2 is 1.55 bits per heavy atom. The highest BCUT2D eigenvalue weighted by molar-refractivity contribution is 5.97. The van der Waals surface area contributed by atoms with Crippen LogP contribution in [0.4, 0.5) is 0 Å². The van der Waals surface area contributed by atoms with Gasteiger partial charge in [-0.3, -0.25) is 4.79 Å². The molecule has 0 aliphatic heterocycles. The van der Waals surface area contributed by atoms with Crippen LogP contribution in [0.3, 0.4) is 0 Å². The molecule has 4 aliphatic carbocycles. The fraction of sp³-hybridized carbons (Fsp3) is 0.480. The molecule has 6 heteroatoms. The molecule has 0 heterocycles. The van der Waals surface area contributed by atoms with E-state index in [1.807, 2.05) is 0 Å². The minimum Gasteiger partial charge on any atom is -0.508 e. The van der Waals surface area contributed by atoms with Crippen LogP contribution in [0.15, 0.2) is 30.3 Å². The zero-order valence-electron chi connectivity index (χ0n) is 17.5. The quantitative estimate of drug-likeness (QED) is 0.504. The van der Waals surface area contributed by atoms with Crippen LogP contribution in [-0.4, -0.2) is 26.3 Å². The SMILES string of the molecule is O=C(NCc1ccc(O)cc1O)c1cc(C23CC4CC(CC(C4)C2)C3)c(CO)cc1O. The standard InChI is InChI=1S/C25H29NO5/c27-13-18-6-23(30)20(24(31)26-12-17-1-2-19(28)7-22(17)29)8-21(18)25-9-14-3-15(10-25)5-16(4-14)11-25/h1-2,6-8,14-16,27-30H,3-5,9-13H2,(H,26,31). The van der Waals surface area contributed by atoms with Crippen molar-refractivity contribution in [3.8, 4) is 17.2 Å². The average Bonchev–Trinajstić information content (AvgIpc) is 2.71. The Kier molecular flexibility index (Phi) is 4.85. The molecule has 4 bridgehead atoms. The number of hydrogen-bond donors (Lipinski definition) is 5. The zero-order valence-corrected chi connectivity index (χ0v) is 17.5. The lowest BCUT2D eigenvalue weighted by atomic mass is 9.47. The maximum atomic E-state index is 12.9. The summed E-state index contributed by atoms with van der Waals surface area (Å²) in [5.41, 5.74) is 2.39. The van der Waals surface area contributed by atoms with Crippen molar-refractivity contribution in [2.75, 3.05) is 0 Å². The van der Waals surface area contributed by atoms with E-state index in [0.29, 0.717) is 11.1 Å². The molecule has 5 N–H and O–H groups in total. The van der Waals surface area contributed by atoms with Crippen molar-refractivity contribution in [2.24, 2.45) is 17.8 Å². The number of carbonyl (C=O) groups excluding carboxylic acids is 1. The predicted molar refractivity (Wildman–Crippen MR) is 115 cm³/mol. The van der Waals surface area contributed by atoms with Gasteiger partial charge in [0.25, 0.3) is 5.91 Å². The van der Waals surface area contributed by atoms with Crippen LogP contribution in [0.5, 0.6) is 17.2 Å². The first-order valence-electron chi connectivity index (χ1n) is 11.1. The number of aliphatic hydroxyl groups is 1. The summed E-state index contributed by atoms with van der Waals surface area (Å²) in [4.78, 5) is 12.9. The average molecular weight is 424 g/mol. The molecule has 0 atom stereocenters. The fourth-order valence-corrected chi connectivity index (χ4v) is 6.85. The van der Waals surface area contributed by atoms with Gasteiger partial charge < -0.3 is 25.7 Å². The van der Waals surface area contributed by atoms with Crippen molar-refractivity contribution in [2.45, 2.75) is 57.1 Å². The minimum absolute atomic E-state index is 0.00916. The first kappa shape index (κ1) is 20.2. The Hall–Kier alpha value is -2.73. The molecule has 2 aromatic rings. The van der Waals surface area contributed by atoms with Crippen LogP contribution < -0.4 is 5.32 Å². The topological polar surface area (TPSA) is 110 Å². The monoisotopic (exact) mass is 423 g/mol. The van der Waals surface area contributed by atoms with E-state index in [9.17, 15) is 25.2 Å². The van der Waals surface area contributed by atoms with E-state index in [1.165, 1.54) is 31.4 Å². The molecular formula is C25H29NO5. The van der Waals surface area contributed by atoms with E-state index in [1.54, 1.807) is 18.2 Å². The molecule has 0 spiro atoms. The summed E-state index contributed by atoms with van der Waals surface area (Å²) in [5.74, 6) is 1.44. The van der Waals surface area contributed by atoms with Gasteiger partial charge in [-0.05, 0) is 97.1 Å². The van der Waals surface area contributed by atoms with Gasteiger partial charge >= 0.3 is 0 Å². The van der Waals surface area contributed by atoms with Crippen molar-refractivity contribution in [3.63, 3.8) is 0 Å². The van der Waals surface area contributed by atoms with Crippen LogP contribution in [0, 0.1) is 17.8 Å². The van der Waals surface area contributed by atoms with Gasteiger partial charge in [-0.1, -0.05) is 0 Å². The van der Waals surface area contributed by atoms with Crippen molar-refractivity contribution < 1.29 is 25.2 Å². The number of aliphatic hydroxyl groups excluding tert-OH is 1. The molecule has 0 radical (unpaired) electrons. The fourth-order valence-electron chi connectivity index (χ4n) is 6.85. The van der Waals surface area contributed by atoms with Gasteiger partial charge in [-0.25, -0.2) is 0 Å². The summed E-state index contributed by atoms with van der Waals surface area (Å²) in [6.07, 6.45) is 7.19. The Morgan fingerprint density at radius 1 is 0.903 bits per heavy atom. The van der Waals surface area contributed by atoms with Gasteiger partial charge in [-0.2, -0.15) is 0 Å². The summed E-state index contributed by atoms with van der Waals surface area (Å²) < 4.78 is 0. The lowest BCUT2D eigenvalue weighted by Gasteiger charge is -2.57. The first-order valence-corrected chi connectivity index (χ1v) is 11.1. The second kappa shape index (κ2) is 7.45. The van der Waals surface area contributed by atoms with Gasteiger partial charge in [0.1, 0.15) is 17.2 Å². The highest BCUT2D eigenvalue weighted by Gasteiger charge is 2.52. The molecule has 2 aromatic carbocycles. The van der Waals surface area contributed by atoms with E-state index >= 15 is 0 Å². The number of phenols is 3. The third-order valence-corrected chi connectivity index (χ3v) is 7.75. The molecule has 0 aromatic heterocycles. The van der Waals surface area contributed by atoms with Crippen LogP contribution in [0.2, 0.25) is 0 Å². The molecule has 0 unspecified atom stereocenters. The number of hydrogen-bond acceptors (Lipinski definition) is 5. The summed E-state index contributed by atoms with van der Waals surface area (Å²) in [6, 6.07) is 7.54. The number of amides is 1. The second-order valence-corrected chi connectivity index (χ2v) is 9.88. The molecule has 0 saturated heterocycles. The first-order chi connectivity index (χ1) is 14.9. The van der Waals surface area contributed by atoms with E-state index in [0.717, 1.165) is 42.6 Å². The van der Waals surface area contributed by atoms with Gasteiger partial charge in [0.05, 0.1) is 12.2 Å². The number of phenolic OH excluding ortho intramolecular Hbond substituents is 3. The van der Waals surface area contributed by atoms with Crippen molar-refractivity contribution in [3.05, 3.63) is 52.6 Å². The number of nitrogens with one attached hydrogen (secondary N) is 1. The summed E-state index contributed by atoms with van der Waals surface area (Å²) in [6.45, 7) is -0.0905. The van der Waals surface area contributed by atoms with Gasteiger partial charge in [0, 0.05) is 18.2 Å². The molecular weight excluding hydrogens is 394 g/mol. The lowest BCUT2D eigenvalue weighted by molar-refractivity contribution is -0.00606. The highest BCUT2D eigenvalue weighted by atomic mass is 16.3. The third-order valence-electron chi connectivity index (χ3n) is 7.75. The van der Waals surface area contributed by atoms with Crippen LogP contribution in [0.1, 0.15) is 65.6 Å². The van der Waals surface area contributed by atoms with Gasteiger partial charge in [-0.15, -0.1) is 0 Å². The van der Waals surface area contributed by atoms with Crippen LogP contribution >= 0.6 is 0 Å². The van der Waals surface area contributed by atoms with Gasteiger partial charge in [0.15, 0.2) is 0 Å². The molecule has 1 amide bonds. The third kappa shape index (κ3) is 3.53. The summed E-state index contributed by atoms with van der Waals surface area (Å²) in [7, 11) is 0. The van der Waals surface area contributed by atoms with Crippen LogP contribution in [0.25, 0.3) is 0 Å². The molecule has 4 aliphatic rings. The van der Waals surface area contributed by atoms with Crippen molar-refractivity contribution >= 4 is 5.91 Å². The molecule has 6 nitrogen and oxygen atoms in total. The minimum atomic E-state index is -0.430. The van der Waals surface area contributed by atoms with E-state index < -0.39 is 5.91 Å². The van der Waals surface area contributed by atoms with Crippen molar-refractivity contribution in [1.82, 2.24) is 5.32 Å². The number of aromatic hydroxyl groups is 3. The maximum Gasteiger partial charge on any atom is 0.255 e. The van der Waals surface area contributed by atoms with E-state index in [-0.39, 0.29) is 41.4 Å². The molecule has 31 heavy (non-hydrogen) atoms. The van der Waals surface area contributed by atoms with Crippen LogP contribution in [-0.2, 0) is 18.6 Å². The van der Waals surface area contributed by atoms with E-state index in [4.69, 9.17) is 0 Å². The predicted octanol–water partition coefficient (Wildman–Crippen LogP) is 3.69. The Balaban J connectivity index is 1.44. The Bertz CT molecular complexity index is 996. The molecule has 6 rings (SSSR count). The number of carbonyl (C=O) groups is 1. The normalized spacial score (nSPS) is 28.6. The Labute approximate surface area is 181 Å². The highest BCUT2D eigenvalue weighted by Crippen LogP contribution is 2.61. The molecule has 4 saturated carbocycles. The smallest absolute Gasteiger partial charge is 0.255 e. The Morgan fingerprint density at radius 3 is 2.13 bits per heavy atom. The summed E-state index contributed by atoms with van der Waals surface area (Å²) in [5, 5.41) is 42.7. The maximum absolute atomic E-state index is 12.9. The van der Waals surface area contributed by atoms with Gasteiger partial charge in [0.2, 0.25) is 0 Å². The number of rotatable bonds is 5.